The molecule has 2 heterocycles. The van der Waals surface area contributed by atoms with Gasteiger partial charge < -0.3 is 15.3 Å². The number of amides is 2. The zero-order chi connectivity index (χ0) is 28.5. The molecule has 1 spiro atoms. The van der Waals surface area contributed by atoms with E-state index in [1.54, 1.807) is 0 Å². The number of piperazine rings is 1. The standard InChI is InChI=1S/C35H47N3O3.ClH/c1-2-3-20-38-32(39)31(24-34(41)16-8-5-9-17-34)36-33(40)35(38)18-21-37(22-19-35)25-26-12-14-28(15-13-26)30-23-29(30)27-10-6-4-7-11-27;/h4,6-7,10-15,29-31,41H,2-3,5,8-9,16-25H2,1H3,(H,36,40);1H/t29?,30?,31-;/m1./s1. The summed E-state index contributed by atoms with van der Waals surface area (Å²) < 4.78 is 0. The fourth-order valence-electron chi connectivity index (χ4n) is 7.79. The first kappa shape index (κ1) is 31.0. The monoisotopic (exact) mass is 593 g/mol. The van der Waals surface area contributed by atoms with Crippen LogP contribution in [0.4, 0.5) is 0 Å². The quantitative estimate of drug-likeness (QED) is 0.378. The maximum atomic E-state index is 13.8. The Morgan fingerprint density at radius 3 is 2.17 bits per heavy atom. The molecule has 7 heteroatoms. The van der Waals surface area contributed by atoms with E-state index in [4.69, 9.17) is 0 Å². The number of carbonyl (C=O) groups excluding carboxylic acids is 2. The van der Waals surface area contributed by atoms with Gasteiger partial charge in [0.05, 0.1) is 5.60 Å². The molecular formula is C35H48ClN3O3. The Bertz CT molecular complexity index is 1210. The summed E-state index contributed by atoms with van der Waals surface area (Å²) in [4.78, 5) is 31.9. The van der Waals surface area contributed by atoms with E-state index >= 15 is 0 Å². The van der Waals surface area contributed by atoms with Crippen LogP contribution in [-0.4, -0.2) is 63.5 Å². The number of aliphatic hydroxyl groups is 1. The molecule has 2 saturated carbocycles. The smallest absolute Gasteiger partial charge is 0.246 e. The summed E-state index contributed by atoms with van der Waals surface area (Å²) in [7, 11) is 0. The fourth-order valence-corrected chi connectivity index (χ4v) is 7.79. The zero-order valence-corrected chi connectivity index (χ0v) is 25.9. The van der Waals surface area contributed by atoms with Gasteiger partial charge in [0.15, 0.2) is 0 Å². The Hall–Kier alpha value is -2.41. The third-order valence-corrected chi connectivity index (χ3v) is 10.4. The molecule has 0 bridgehead atoms. The van der Waals surface area contributed by atoms with Crippen molar-refractivity contribution in [1.82, 2.24) is 15.1 Å². The highest BCUT2D eigenvalue weighted by molar-refractivity contribution is 6.00. The second-order valence-electron chi connectivity index (χ2n) is 13.3. The molecule has 42 heavy (non-hydrogen) atoms. The Morgan fingerprint density at radius 1 is 0.881 bits per heavy atom. The summed E-state index contributed by atoms with van der Waals surface area (Å²) in [5.74, 6) is 1.26. The van der Waals surface area contributed by atoms with E-state index in [2.05, 4.69) is 71.7 Å². The van der Waals surface area contributed by atoms with E-state index in [1.807, 2.05) is 4.90 Å². The summed E-state index contributed by atoms with van der Waals surface area (Å²) >= 11 is 0. The van der Waals surface area contributed by atoms with Crippen molar-refractivity contribution in [1.29, 1.82) is 0 Å². The van der Waals surface area contributed by atoms with Gasteiger partial charge in [0.2, 0.25) is 11.8 Å². The number of piperidine rings is 1. The topological polar surface area (TPSA) is 72.9 Å². The summed E-state index contributed by atoms with van der Waals surface area (Å²) in [5.41, 5.74) is 2.56. The third-order valence-electron chi connectivity index (χ3n) is 10.4. The summed E-state index contributed by atoms with van der Waals surface area (Å²) in [6.45, 7) is 5.19. The SMILES string of the molecule is CCCCN1C(=O)[C@@H](CC2(O)CCCCC2)NC(=O)C12CCN(Cc1ccc(C3CC3c3ccccc3)cc1)CC2.Cl. The first-order valence-corrected chi connectivity index (χ1v) is 16.1. The average Bonchev–Trinajstić information content (AvgIpc) is 3.79. The molecule has 0 aromatic heterocycles. The lowest BCUT2D eigenvalue weighted by atomic mass is 9.77. The molecule has 6 nitrogen and oxygen atoms in total. The van der Waals surface area contributed by atoms with Crippen molar-refractivity contribution in [2.45, 2.75) is 113 Å². The number of halogens is 1. The van der Waals surface area contributed by atoms with E-state index in [1.165, 1.54) is 23.1 Å². The van der Waals surface area contributed by atoms with Crippen molar-refractivity contribution >= 4 is 24.2 Å². The van der Waals surface area contributed by atoms with Crippen molar-refractivity contribution in [3.05, 3.63) is 71.3 Å². The normalized spacial score (nSPS) is 26.9. The predicted molar refractivity (Wildman–Crippen MR) is 169 cm³/mol. The van der Waals surface area contributed by atoms with Gasteiger partial charge in [-0.1, -0.05) is 87.2 Å². The molecule has 2 N–H and O–H groups in total. The molecule has 2 unspecified atom stereocenters. The molecular weight excluding hydrogens is 546 g/mol. The molecule has 2 aliphatic heterocycles. The molecule has 4 aliphatic rings. The van der Waals surface area contributed by atoms with Crippen LogP contribution in [0.15, 0.2) is 54.6 Å². The van der Waals surface area contributed by atoms with Crippen molar-refractivity contribution < 1.29 is 14.7 Å². The Labute approximate surface area is 257 Å². The van der Waals surface area contributed by atoms with E-state index in [9.17, 15) is 14.7 Å². The maximum absolute atomic E-state index is 13.8. The molecule has 2 aliphatic carbocycles. The van der Waals surface area contributed by atoms with Crippen LogP contribution in [0.25, 0.3) is 0 Å². The van der Waals surface area contributed by atoms with Crippen LogP contribution >= 0.6 is 12.4 Å². The van der Waals surface area contributed by atoms with Crippen LogP contribution in [0.2, 0.25) is 0 Å². The molecule has 3 atom stereocenters. The Morgan fingerprint density at radius 2 is 1.52 bits per heavy atom. The number of carbonyl (C=O) groups is 2. The largest absolute Gasteiger partial charge is 0.390 e. The van der Waals surface area contributed by atoms with Crippen molar-refractivity contribution in [2.75, 3.05) is 19.6 Å². The minimum absolute atomic E-state index is 0. The lowest BCUT2D eigenvalue weighted by Gasteiger charge is -2.52. The number of rotatable bonds is 9. The summed E-state index contributed by atoms with van der Waals surface area (Å²) in [6.07, 6.45) is 9.30. The van der Waals surface area contributed by atoms with Gasteiger partial charge in [0.25, 0.3) is 0 Å². The third kappa shape index (κ3) is 6.41. The molecule has 4 fully saturated rings. The number of benzene rings is 2. The van der Waals surface area contributed by atoms with E-state index < -0.39 is 17.2 Å². The van der Waals surface area contributed by atoms with Crippen LogP contribution in [0.1, 0.15) is 106 Å². The number of hydrogen-bond acceptors (Lipinski definition) is 4. The number of likely N-dealkylation sites (tertiary alicyclic amines) is 1. The van der Waals surface area contributed by atoms with Crippen LogP contribution in [0.3, 0.4) is 0 Å². The van der Waals surface area contributed by atoms with Crippen molar-refractivity contribution in [2.24, 2.45) is 0 Å². The zero-order valence-electron chi connectivity index (χ0n) is 25.1. The van der Waals surface area contributed by atoms with Crippen LogP contribution in [-0.2, 0) is 16.1 Å². The number of unbranched alkanes of at least 4 members (excludes halogenated alkanes) is 1. The van der Waals surface area contributed by atoms with Crippen molar-refractivity contribution in [3.63, 3.8) is 0 Å². The Balaban J connectivity index is 0.00000353. The summed E-state index contributed by atoms with van der Waals surface area (Å²) in [6, 6.07) is 19.4. The average molecular weight is 594 g/mol. The van der Waals surface area contributed by atoms with Gasteiger partial charge in [-0.15, -0.1) is 12.4 Å². The minimum Gasteiger partial charge on any atom is -0.390 e. The van der Waals surface area contributed by atoms with Crippen LogP contribution in [0.5, 0.6) is 0 Å². The first-order valence-electron chi connectivity index (χ1n) is 16.1. The van der Waals surface area contributed by atoms with Crippen molar-refractivity contribution in [3.8, 4) is 0 Å². The lowest BCUT2D eigenvalue weighted by Crippen LogP contribution is -2.73. The molecule has 228 valence electrons. The number of hydrogen-bond donors (Lipinski definition) is 2. The maximum Gasteiger partial charge on any atom is 0.246 e. The van der Waals surface area contributed by atoms with E-state index in [-0.39, 0.29) is 24.2 Å². The van der Waals surface area contributed by atoms with Gasteiger partial charge in [-0.25, -0.2) is 0 Å². The second kappa shape index (κ2) is 13.1. The molecule has 2 amide bonds. The number of nitrogens with one attached hydrogen (secondary N) is 1. The molecule has 2 aromatic carbocycles. The molecule has 0 radical (unpaired) electrons. The Kier molecular flexibility index (Phi) is 9.66. The van der Waals surface area contributed by atoms with Gasteiger partial charge in [-0.3, -0.25) is 14.5 Å². The van der Waals surface area contributed by atoms with Crippen LogP contribution in [0, 0.1) is 0 Å². The molecule has 6 rings (SSSR count). The minimum atomic E-state index is -0.840. The molecule has 2 aromatic rings. The second-order valence-corrected chi connectivity index (χ2v) is 13.3. The summed E-state index contributed by atoms with van der Waals surface area (Å²) in [5, 5.41) is 14.3. The first-order chi connectivity index (χ1) is 19.9. The van der Waals surface area contributed by atoms with Gasteiger partial charge >= 0.3 is 0 Å². The highest BCUT2D eigenvalue weighted by Gasteiger charge is 2.54. The van der Waals surface area contributed by atoms with Gasteiger partial charge in [-0.2, -0.15) is 0 Å². The van der Waals surface area contributed by atoms with Gasteiger partial charge in [0, 0.05) is 32.6 Å². The number of nitrogens with zero attached hydrogens (tertiary/aromatic N) is 2. The predicted octanol–water partition coefficient (Wildman–Crippen LogP) is 5.93. The highest BCUT2D eigenvalue weighted by Crippen LogP contribution is 2.54. The van der Waals surface area contributed by atoms with E-state index in [0.717, 1.165) is 64.6 Å². The lowest BCUT2D eigenvalue weighted by molar-refractivity contribution is -0.163. The van der Waals surface area contributed by atoms with Crippen LogP contribution < -0.4 is 5.32 Å². The van der Waals surface area contributed by atoms with Gasteiger partial charge in [-0.05, 0) is 67.1 Å². The molecule has 2 saturated heterocycles. The van der Waals surface area contributed by atoms with E-state index in [0.29, 0.717) is 37.6 Å². The fraction of sp³-hybridized carbons (Fsp3) is 0.600. The van der Waals surface area contributed by atoms with Gasteiger partial charge in [0.1, 0.15) is 11.6 Å². The highest BCUT2D eigenvalue weighted by atomic mass is 35.5.